The number of benzene rings is 2. The number of hydrogen-bond donors (Lipinski definition) is 0. The fraction of sp³-hybridized carbons (Fsp3) is 0.133. The third kappa shape index (κ3) is 3.04. The van der Waals surface area contributed by atoms with E-state index in [1.54, 1.807) is 0 Å². The smallest absolute Gasteiger partial charge is 0.195 e. The highest BCUT2D eigenvalue weighted by Gasteiger charge is 2.20. The van der Waals surface area contributed by atoms with Crippen LogP contribution >= 0.6 is 27.5 Å². The number of rotatable bonds is 4. The van der Waals surface area contributed by atoms with Crippen LogP contribution in [0, 0.1) is 5.82 Å². The van der Waals surface area contributed by atoms with Gasteiger partial charge in [0.05, 0.1) is 23.7 Å². The fourth-order valence-electron chi connectivity index (χ4n) is 1.85. The Balaban J connectivity index is 2.56. The molecular weight excluding hydrogens is 363 g/mol. The maximum absolute atomic E-state index is 13.5. The SMILES string of the molecule is COc1cc(Cl)c(C(=O)c2cccc(F)c2Br)cc1OC. The van der Waals surface area contributed by atoms with Crippen LogP contribution in [-0.2, 0) is 0 Å². The molecular formula is C15H11BrClFO3. The van der Waals surface area contributed by atoms with Crippen molar-refractivity contribution in [2.45, 2.75) is 0 Å². The van der Waals surface area contributed by atoms with E-state index in [1.807, 2.05) is 0 Å². The normalized spacial score (nSPS) is 10.3. The topological polar surface area (TPSA) is 35.5 Å². The Morgan fingerprint density at radius 2 is 1.76 bits per heavy atom. The molecule has 0 spiro atoms. The van der Waals surface area contributed by atoms with Crippen molar-refractivity contribution in [2.75, 3.05) is 14.2 Å². The summed E-state index contributed by atoms with van der Waals surface area (Å²) in [7, 11) is 2.93. The quantitative estimate of drug-likeness (QED) is 0.741. The molecule has 0 amide bonds. The van der Waals surface area contributed by atoms with Crippen molar-refractivity contribution in [3.8, 4) is 11.5 Å². The lowest BCUT2D eigenvalue weighted by Gasteiger charge is -2.12. The van der Waals surface area contributed by atoms with Crippen LogP contribution < -0.4 is 9.47 Å². The van der Waals surface area contributed by atoms with Crippen molar-refractivity contribution in [2.24, 2.45) is 0 Å². The number of carbonyl (C=O) groups excluding carboxylic acids is 1. The average Bonchev–Trinajstić information content (AvgIpc) is 2.49. The Morgan fingerprint density at radius 1 is 1.14 bits per heavy atom. The summed E-state index contributed by atoms with van der Waals surface area (Å²) in [5.41, 5.74) is 0.393. The summed E-state index contributed by atoms with van der Waals surface area (Å²) in [5.74, 6) is -0.139. The van der Waals surface area contributed by atoms with Crippen molar-refractivity contribution >= 4 is 33.3 Å². The van der Waals surface area contributed by atoms with Gasteiger partial charge in [-0.15, -0.1) is 0 Å². The molecule has 0 bridgehead atoms. The number of methoxy groups -OCH3 is 2. The van der Waals surface area contributed by atoms with E-state index in [-0.39, 0.29) is 20.6 Å². The molecule has 0 aliphatic rings. The Kier molecular flexibility index (Phi) is 4.85. The van der Waals surface area contributed by atoms with Gasteiger partial charge in [0.2, 0.25) is 0 Å². The molecule has 0 saturated heterocycles. The molecule has 3 nitrogen and oxygen atoms in total. The van der Waals surface area contributed by atoms with Crippen molar-refractivity contribution in [3.05, 3.63) is 56.8 Å². The minimum absolute atomic E-state index is 0.0980. The summed E-state index contributed by atoms with van der Waals surface area (Å²) in [5, 5.41) is 0.203. The first kappa shape index (κ1) is 15.8. The van der Waals surface area contributed by atoms with Crippen molar-refractivity contribution < 1.29 is 18.7 Å². The van der Waals surface area contributed by atoms with E-state index in [0.29, 0.717) is 11.5 Å². The molecule has 110 valence electrons. The molecule has 21 heavy (non-hydrogen) atoms. The average molecular weight is 374 g/mol. The molecule has 0 aromatic heterocycles. The highest BCUT2D eigenvalue weighted by Crippen LogP contribution is 2.35. The Morgan fingerprint density at radius 3 is 2.38 bits per heavy atom. The van der Waals surface area contributed by atoms with Crippen LogP contribution in [0.4, 0.5) is 4.39 Å². The van der Waals surface area contributed by atoms with Gasteiger partial charge < -0.3 is 9.47 Å². The van der Waals surface area contributed by atoms with E-state index in [1.165, 1.54) is 44.6 Å². The molecule has 0 radical (unpaired) electrons. The fourth-order valence-corrected chi connectivity index (χ4v) is 2.54. The van der Waals surface area contributed by atoms with Crippen LogP contribution in [0.15, 0.2) is 34.8 Å². The second-order valence-corrected chi connectivity index (χ2v) is 5.32. The molecule has 2 rings (SSSR count). The molecule has 0 atom stereocenters. The van der Waals surface area contributed by atoms with Gasteiger partial charge in [0.15, 0.2) is 17.3 Å². The largest absolute Gasteiger partial charge is 0.493 e. The predicted octanol–water partition coefficient (Wildman–Crippen LogP) is 4.49. The first-order chi connectivity index (χ1) is 9.99. The van der Waals surface area contributed by atoms with Crippen LogP contribution in [0.25, 0.3) is 0 Å². The van der Waals surface area contributed by atoms with Crippen LogP contribution in [0.5, 0.6) is 11.5 Å². The van der Waals surface area contributed by atoms with E-state index in [0.717, 1.165) is 0 Å². The minimum Gasteiger partial charge on any atom is -0.493 e. The zero-order chi connectivity index (χ0) is 15.6. The number of ketones is 1. The van der Waals surface area contributed by atoms with Crippen LogP contribution in [-0.4, -0.2) is 20.0 Å². The maximum Gasteiger partial charge on any atom is 0.195 e. The van der Waals surface area contributed by atoms with E-state index < -0.39 is 11.6 Å². The number of halogens is 3. The molecule has 0 heterocycles. The van der Waals surface area contributed by atoms with E-state index in [9.17, 15) is 9.18 Å². The number of carbonyl (C=O) groups is 1. The molecule has 2 aromatic rings. The summed E-state index contributed by atoms with van der Waals surface area (Å²) in [6.45, 7) is 0. The molecule has 0 aliphatic carbocycles. The lowest BCUT2D eigenvalue weighted by Crippen LogP contribution is -2.05. The number of ether oxygens (including phenoxy) is 2. The molecule has 2 aromatic carbocycles. The van der Waals surface area contributed by atoms with Gasteiger partial charge in [-0.1, -0.05) is 17.7 Å². The molecule has 6 heteroatoms. The highest BCUT2D eigenvalue weighted by atomic mass is 79.9. The maximum atomic E-state index is 13.5. The molecule has 0 N–H and O–H groups in total. The highest BCUT2D eigenvalue weighted by molar-refractivity contribution is 9.10. The van der Waals surface area contributed by atoms with Crippen LogP contribution in [0.2, 0.25) is 5.02 Å². The van der Waals surface area contributed by atoms with Crippen LogP contribution in [0.3, 0.4) is 0 Å². The lowest BCUT2D eigenvalue weighted by molar-refractivity contribution is 0.103. The summed E-state index contributed by atoms with van der Waals surface area (Å²) < 4.78 is 23.9. The van der Waals surface area contributed by atoms with E-state index in [2.05, 4.69) is 15.9 Å². The molecule has 0 unspecified atom stereocenters. The second-order valence-electron chi connectivity index (χ2n) is 4.12. The van der Waals surface area contributed by atoms with E-state index in [4.69, 9.17) is 21.1 Å². The molecule has 0 aliphatic heterocycles. The van der Waals surface area contributed by atoms with Gasteiger partial charge in [-0.2, -0.15) is 0 Å². The summed E-state index contributed by atoms with van der Waals surface area (Å²) in [6.07, 6.45) is 0. The monoisotopic (exact) mass is 372 g/mol. The standard InChI is InChI=1S/C15H11BrClFO3/c1-20-12-6-9(10(17)7-13(12)21-2)15(19)8-4-3-5-11(18)14(8)16/h3-7H,1-2H3. The van der Waals surface area contributed by atoms with Crippen molar-refractivity contribution in [3.63, 3.8) is 0 Å². The third-order valence-electron chi connectivity index (χ3n) is 2.91. The van der Waals surface area contributed by atoms with E-state index >= 15 is 0 Å². The van der Waals surface area contributed by atoms with Crippen molar-refractivity contribution in [1.29, 1.82) is 0 Å². The van der Waals surface area contributed by atoms with Crippen molar-refractivity contribution in [1.82, 2.24) is 0 Å². The summed E-state index contributed by atoms with van der Waals surface area (Å²) in [4.78, 5) is 12.5. The Labute approximate surface area is 134 Å². The molecule has 0 saturated carbocycles. The van der Waals surface area contributed by atoms with Gasteiger partial charge in [0.1, 0.15) is 5.82 Å². The third-order valence-corrected chi connectivity index (χ3v) is 4.03. The lowest BCUT2D eigenvalue weighted by atomic mass is 10.0. The zero-order valence-electron chi connectivity index (χ0n) is 11.2. The predicted molar refractivity (Wildman–Crippen MR) is 82.1 cm³/mol. The van der Waals surface area contributed by atoms with Crippen LogP contribution in [0.1, 0.15) is 15.9 Å². The first-order valence-electron chi connectivity index (χ1n) is 5.89. The van der Waals surface area contributed by atoms with Gasteiger partial charge in [-0.3, -0.25) is 4.79 Å². The zero-order valence-corrected chi connectivity index (χ0v) is 13.6. The van der Waals surface area contributed by atoms with Gasteiger partial charge in [-0.25, -0.2) is 4.39 Å². The minimum atomic E-state index is -0.516. The summed E-state index contributed by atoms with van der Waals surface area (Å²) in [6, 6.07) is 7.20. The van der Waals surface area contributed by atoms with Gasteiger partial charge in [-0.05, 0) is 34.1 Å². The van der Waals surface area contributed by atoms with Gasteiger partial charge >= 0.3 is 0 Å². The summed E-state index contributed by atoms with van der Waals surface area (Å²) >= 11 is 9.18. The first-order valence-corrected chi connectivity index (χ1v) is 7.07. The van der Waals surface area contributed by atoms with Gasteiger partial charge in [0, 0.05) is 17.2 Å². The Bertz CT molecular complexity index is 704. The second kappa shape index (κ2) is 6.45. The Hall–Kier alpha value is -1.59. The van der Waals surface area contributed by atoms with Gasteiger partial charge in [0.25, 0.3) is 0 Å². The number of hydrogen-bond acceptors (Lipinski definition) is 3. The molecule has 0 fully saturated rings.